The van der Waals surface area contributed by atoms with E-state index in [1.165, 1.54) is 16.5 Å². The predicted molar refractivity (Wildman–Crippen MR) is 96.2 cm³/mol. The molecule has 0 bridgehead atoms. The lowest BCUT2D eigenvalue weighted by Crippen LogP contribution is -2.44. The molecule has 5 nitrogen and oxygen atoms in total. The Hall–Kier alpha value is -1.72. The first-order valence-electron chi connectivity index (χ1n) is 9.19. The Kier molecular flexibility index (Phi) is 4.63. The van der Waals surface area contributed by atoms with Crippen LogP contribution in [-0.2, 0) is 13.0 Å². The first-order chi connectivity index (χ1) is 11.8. The molecule has 4 rings (SSSR count). The van der Waals surface area contributed by atoms with E-state index in [2.05, 4.69) is 40.0 Å². The van der Waals surface area contributed by atoms with Gasteiger partial charge in [-0.15, -0.1) is 0 Å². The van der Waals surface area contributed by atoms with Gasteiger partial charge >= 0.3 is 0 Å². The summed E-state index contributed by atoms with van der Waals surface area (Å²) in [7, 11) is 0. The van der Waals surface area contributed by atoms with Crippen molar-refractivity contribution in [3.05, 3.63) is 23.9 Å². The number of aryl methyl sites for hydroxylation is 1. The van der Waals surface area contributed by atoms with Crippen molar-refractivity contribution in [1.82, 2.24) is 14.8 Å². The molecule has 1 saturated heterocycles. The summed E-state index contributed by atoms with van der Waals surface area (Å²) in [5, 5.41) is 4.74. The molecule has 130 valence electrons. The number of nitrogens with zero attached hydrogens (tertiary/aromatic N) is 2. The van der Waals surface area contributed by atoms with Crippen molar-refractivity contribution in [3.63, 3.8) is 0 Å². The number of fused-ring (bicyclic) bond motifs is 2. The molecule has 0 atom stereocenters. The Labute approximate surface area is 143 Å². The summed E-state index contributed by atoms with van der Waals surface area (Å²) >= 11 is 0. The third kappa shape index (κ3) is 3.10. The molecule has 0 radical (unpaired) electrons. The third-order valence-corrected chi connectivity index (χ3v) is 5.00. The summed E-state index contributed by atoms with van der Waals surface area (Å²) in [6.45, 7) is 10.2. The zero-order valence-corrected chi connectivity index (χ0v) is 14.5. The number of aromatic nitrogens is 1. The largest absolute Gasteiger partial charge is 0.486 e. The van der Waals surface area contributed by atoms with Crippen LogP contribution in [0.5, 0.6) is 11.5 Å². The zero-order chi connectivity index (χ0) is 16.4. The topological polar surface area (TPSA) is 38.7 Å². The Bertz CT molecular complexity index is 704. The van der Waals surface area contributed by atoms with Crippen molar-refractivity contribution in [2.24, 2.45) is 0 Å². The van der Waals surface area contributed by atoms with E-state index in [1.54, 1.807) is 0 Å². The summed E-state index contributed by atoms with van der Waals surface area (Å²) in [4.78, 5) is 2.55. The second kappa shape index (κ2) is 7.03. The van der Waals surface area contributed by atoms with E-state index in [9.17, 15) is 0 Å². The molecular formula is C19H27N3O2. The van der Waals surface area contributed by atoms with Crippen molar-refractivity contribution in [2.75, 3.05) is 45.9 Å². The fourth-order valence-corrected chi connectivity index (χ4v) is 3.74. The second-order valence-electron chi connectivity index (χ2n) is 6.70. The first-order valence-corrected chi connectivity index (χ1v) is 9.19. The van der Waals surface area contributed by atoms with Gasteiger partial charge in [-0.2, -0.15) is 0 Å². The van der Waals surface area contributed by atoms with Crippen LogP contribution in [0.15, 0.2) is 18.3 Å². The van der Waals surface area contributed by atoms with E-state index in [-0.39, 0.29) is 0 Å². The van der Waals surface area contributed by atoms with Gasteiger partial charge < -0.3 is 24.3 Å². The van der Waals surface area contributed by atoms with Crippen LogP contribution in [0.1, 0.15) is 18.9 Å². The lowest BCUT2D eigenvalue weighted by Gasteiger charge is -2.27. The van der Waals surface area contributed by atoms with Gasteiger partial charge in [-0.05, 0) is 24.5 Å². The van der Waals surface area contributed by atoms with E-state index in [0.29, 0.717) is 13.2 Å². The molecule has 1 N–H and O–H groups in total. The zero-order valence-electron chi connectivity index (χ0n) is 14.5. The second-order valence-corrected chi connectivity index (χ2v) is 6.70. The monoisotopic (exact) mass is 329 g/mol. The molecule has 2 aliphatic heterocycles. The minimum atomic E-state index is 0.642. The van der Waals surface area contributed by atoms with E-state index >= 15 is 0 Å². The Morgan fingerprint density at radius 2 is 1.79 bits per heavy atom. The average molecular weight is 329 g/mol. The van der Waals surface area contributed by atoms with Gasteiger partial charge in [0, 0.05) is 56.9 Å². The van der Waals surface area contributed by atoms with Gasteiger partial charge in [-0.1, -0.05) is 6.92 Å². The molecule has 0 spiro atoms. The summed E-state index contributed by atoms with van der Waals surface area (Å²) in [6.07, 6.45) is 4.56. The fourth-order valence-electron chi connectivity index (χ4n) is 3.74. The van der Waals surface area contributed by atoms with Crippen molar-refractivity contribution in [3.8, 4) is 11.5 Å². The predicted octanol–water partition coefficient (Wildman–Crippen LogP) is 2.27. The molecule has 2 aliphatic rings. The molecule has 3 heterocycles. The number of nitrogens with one attached hydrogen (secondary N) is 1. The molecule has 2 aromatic rings. The van der Waals surface area contributed by atoms with Crippen LogP contribution >= 0.6 is 0 Å². The number of ether oxygens (including phenoxy) is 2. The van der Waals surface area contributed by atoms with E-state index in [0.717, 1.165) is 63.6 Å². The lowest BCUT2D eigenvalue weighted by molar-refractivity contribution is 0.172. The van der Waals surface area contributed by atoms with E-state index in [1.807, 2.05) is 0 Å². The standard InChI is InChI=1S/C19H27N3O2/c1-2-6-22-14-15(3-7-21-8-4-20-5-9-21)16-12-18-19(13-17(16)22)24-11-10-23-18/h12-14,20H,2-11H2,1H3. The summed E-state index contributed by atoms with van der Waals surface area (Å²) in [5.41, 5.74) is 2.70. The molecule has 1 aromatic heterocycles. The summed E-state index contributed by atoms with van der Waals surface area (Å²) < 4.78 is 13.9. The minimum absolute atomic E-state index is 0.642. The molecule has 0 unspecified atom stereocenters. The number of hydrogen-bond acceptors (Lipinski definition) is 4. The van der Waals surface area contributed by atoms with Crippen LogP contribution in [0.25, 0.3) is 10.9 Å². The molecule has 1 aromatic carbocycles. The minimum Gasteiger partial charge on any atom is -0.486 e. The highest BCUT2D eigenvalue weighted by Gasteiger charge is 2.18. The van der Waals surface area contributed by atoms with Gasteiger partial charge in [0.1, 0.15) is 13.2 Å². The number of benzene rings is 1. The average Bonchev–Trinajstić information content (AvgIpc) is 2.96. The number of rotatable bonds is 5. The molecule has 1 fully saturated rings. The molecule has 0 aliphatic carbocycles. The summed E-state index contributed by atoms with van der Waals surface area (Å²) in [6, 6.07) is 4.34. The van der Waals surface area contributed by atoms with Gasteiger partial charge in [0.15, 0.2) is 11.5 Å². The number of piperazine rings is 1. The molecule has 0 amide bonds. The third-order valence-electron chi connectivity index (χ3n) is 5.00. The Morgan fingerprint density at radius 1 is 1.04 bits per heavy atom. The van der Waals surface area contributed by atoms with Gasteiger partial charge in [-0.25, -0.2) is 0 Å². The molecular weight excluding hydrogens is 302 g/mol. The van der Waals surface area contributed by atoms with Crippen LogP contribution in [0.3, 0.4) is 0 Å². The van der Waals surface area contributed by atoms with E-state index in [4.69, 9.17) is 9.47 Å². The van der Waals surface area contributed by atoms with Gasteiger partial charge in [-0.3, -0.25) is 0 Å². The van der Waals surface area contributed by atoms with Crippen LogP contribution in [0.2, 0.25) is 0 Å². The SMILES string of the molecule is CCCn1cc(CCN2CCNCC2)c2cc3c(cc21)OCCO3. The molecule has 24 heavy (non-hydrogen) atoms. The van der Waals surface area contributed by atoms with Gasteiger partial charge in [0.05, 0.1) is 5.52 Å². The van der Waals surface area contributed by atoms with E-state index < -0.39 is 0 Å². The van der Waals surface area contributed by atoms with Gasteiger partial charge in [0.25, 0.3) is 0 Å². The maximum Gasteiger partial charge on any atom is 0.163 e. The Morgan fingerprint density at radius 3 is 2.54 bits per heavy atom. The maximum absolute atomic E-state index is 5.80. The highest BCUT2D eigenvalue weighted by atomic mass is 16.6. The quantitative estimate of drug-likeness (QED) is 0.913. The lowest BCUT2D eigenvalue weighted by atomic mass is 10.1. The number of hydrogen-bond donors (Lipinski definition) is 1. The van der Waals surface area contributed by atoms with Crippen molar-refractivity contribution in [1.29, 1.82) is 0 Å². The van der Waals surface area contributed by atoms with Crippen molar-refractivity contribution >= 4 is 10.9 Å². The maximum atomic E-state index is 5.80. The van der Waals surface area contributed by atoms with Crippen LogP contribution < -0.4 is 14.8 Å². The first kappa shape index (κ1) is 15.8. The fraction of sp³-hybridized carbons (Fsp3) is 0.579. The van der Waals surface area contributed by atoms with Crippen molar-refractivity contribution in [2.45, 2.75) is 26.3 Å². The summed E-state index contributed by atoms with van der Waals surface area (Å²) in [5.74, 6) is 1.78. The highest BCUT2D eigenvalue weighted by Crippen LogP contribution is 2.37. The normalized spacial score (nSPS) is 18.2. The van der Waals surface area contributed by atoms with Crippen molar-refractivity contribution < 1.29 is 9.47 Å². The van der Waals surface area contributed by atoms with Crippen LogP contribution in [-0.4, -0.2) is 55.4 Å². The smallest absolute Gasteiger partial charge is 0.163 e. The molecule has 0 saturated carbocycles. The highest BCUT2D eigenvalue weighted by molar-refractivity contribution is 5.87. The van der Waals surface area contributed by atoms with Crippen LogP contribution in [0, 0.1) is 0 Å². The van der Waals surface area contributed by atoms with Gasteiger partial charge in [0.2, 0.25) is 0 Å². The Balaban J connectivity index is 1.63. The van der Waals surface area contributed by atoms with Crippen LogP contribution in [0.4, 0.5) is 0 Å². The molecule has 5 heteroatoms.